The Balaban J connectivity index is 5.61. The van der Waals surface area contributed by atoms with E-state index in [-0.39, 0.29) is 13.1 Å². The van der Waals surface area contributed by atoms with Crippen molar-refractivity contribution in [2.24, 2.45) is 0 Å². The van der Waals surface area contributed by atoms with Gasteiger partial charge in [-0.15, -0.1) is 0 Å². The Bertz CT molecular complexity index is 642. The van der Waals surface area contributed by atoms with Gasteiger partial charge in [0, 0.05) is 0 Å². The van der Waals surface area contributed by atoms with Gasteiger partial charge in [0.2, 0.25) is 0 Å². The minimum atomic E-state index is -0.887. The molecule has 0 unspecified atom stereocenters. The Morgan fingerprint density at radius 2 is 0.647 bits per heavy atom. The number of carbonyl (C=O) groups is 4. The van der Waals surface area contributed by atoms with Gasteiger partial charge in [0.25, 0.3) is 0 Å². The highest BCUT2D eigenvalue weighted by Gasteiger charge is 2.32. The lowest BCUT2D eigenvalue weighted by Crippen LogP contribution is -2.44. The molecule has 0 aromatic rings. The van der Waals surface area contributed by atoms with E-state index in [4.69, 9.17) is 18.9 Å². The topological polar surface area (TPSA) is 112 Å². The summed E-state index contributed by atoms with van der Waals surface area (Å²) in [5.74, 6) is 0. The van der Waals surface area contributed by atoms with Gasteiger partial charge >= 0.3 is 24.4 Å². The van der Waals surface area contributed by atoms with Crippen molar-refractivity contribution in [3.05, 3.63) is 12.2 Å². The predicted octanol–water partition coefficient (Wildman–Crippen LogP) is 5.89. The van der Waals surface area contributed by atoms with E-state index >= 15 is 0 Å². The minimum absolute atomic E-state index is 0.208. The highest BCUT2D eigenvalue weighted by atomic mass is 16.6. The standard InChI is InChI=1S/C24H42N2O8/c1-21(2,3)31-17(27)25(18(28)32-22(4,5)6)15-13-14-16-26(19(29)33-23(7,8)9)20(30)34-24(10,11)12/h13-14H,15-16H2,1-12H3/b14-13+. The zero-order valence-corrected chi connectivity index (χ0v) is 22.7. The first-order valence-corrected chi connectivity index (χ1v) is 11.1. The lowest BCUT2D eigenvalue weighted by atomic mass is 10.2. The van der Waals surface area contributed by atoms with E-state index in [9.17, 15) is 19.2 Å². The summed E-state index contributed by atoms with van der Waals surface area (Å²) in [7, 11) is 0. The first-order chi connectivity index (χ1) is 15.0. The van der Waals surface area contributed by atoms with E-state index in [0.717, 1.165) is 9.80 Å². The fourth-order valence-corrected chi connectivity index (χ4v) is 2.08. The van der Waals surface area contributed by atoms with Crippen LogP contribution in [0.2, 0.25) is 0 Å². The first kappa shape index (κ1) is 31.2. The van der Waals surface area contributed by atoms with Crippen LogP contribution in [0.5, 0.6) is 0 Å². The van der Waals surface area contributed by atoms with Gasteiger partial charge < -0.3 is 18.9 Å². The Labute approximate surface area is 203 Å². The third kappa shape index (κ3) is 14.4. The maximum Gasteiger partial charge on any atom is 0.420 e. The number of nitrogens with zero attached hydrogens (tertiary/aromatic N) is 2. The van der Waals surface area contributed by atoms with Crippen LogP contribution in [0.4, 0.5) is 19.2 Å². The van der Waals surface area contributed by atoms with E-state index in [2.05, 4.69) is 0 Å². The van der Waals surface area contributed by atoms with Crippen LogP contribution in [-0.4, -0.2) is 69.7 Å². The van der Waals surface area contributed by atoms with Gasteiger partial charge in [-0.05, 0) is 83.1 Å². The van der Waals surface area contributed by atoms with Crippen LogP contribution < -0.4 is 0 Å². The minimum Gasteiger partial charge on any atom is -0.443 e. The monoisotopic (exact) mass is 486 g/mol. The average molecular weight is 487 g/mol. The van der Waals surface area contributed by atoms with Crippen molar-refractivity contribution < 1.29 is 38.1 Å². The fraction of sp³-hybridized carbons (Fsp3) is 0.750. The normalized spacial score (nSPS) is 12.7. The van der Waals surface area contributed by atoms with Crippen molar-refractivity contribution in [1.29, 1.82) is 0 Å². The second kappa shape index (κ2) is 11.6. The SMILES string of the molecule is CC(C)(C)OC(=O)N(C/C=C/CN(C(=O)OC(C)(C)C)C(=O)OC(C)(C)C)C(=O)OC(C)(C)C. The van der Waals surface area contributed by atoms with Gasteiger partial charge in [-0.3, -0.25) is 0 Å². The molecule has 0 aliphatic rings. The third-order valence-electron chi connectivity index (χ3n) is 3.20. The molecule has 0 aliphatic carbocycles. The van der Waals surface area contributed by atoms with Crippen molar-refractivity contribution in [3.63, 3.8) is 0 Å². The number of rotatable bonds is 4. The van der Waals surface area contributed by atoms with Crippen LogP contribution in [-0.2, 0) is 18.9 Å². The second-order valence-electron chi connectivity index (χ2n) is 11.6. The van der Waals surface area contributed by atoms with Crippen LogP contribution in [0.1, 0.15) is 83.1 Å². The Morgan fingerprint density at radius 3 is 0.794 bits per heavy atom. The molecule has 34 heavy (non-hydrogen) atoms. The maximum atomic E-state index is 12.6. The number of hydrogen-bond acceptors (Lipinski definition) is 8. The molecule has 0 aromatic carbocycles. The van der Waals surface area contributed by atoms with Gasteiger partial charge in [0.05, 0.1) is 13.1 Å². The van der Waals surface area contributed by atoms with Crippen molar-refractivity contribution in [2.45, 2.75) is 105 Å². The van der Waals surface area contributed by atoms with Crippen LogP contribution in [0.25, 0.3) is 0 Å². The molecule has 196 valence electrons. The van der Waals surface area contributed by atoms with Gasteiger partial charge in [-0.1, -0.05) is 12.2 Å². The largest absolute Gasteiger partial charge is 0.443 e. The predicted molar refractivity (Wildman–Crippen MR) is 127 cm³/mol. The molecule has 0 atom stereocenters. The molecule has 10 heteroatoms. The van der Waals surface area contributed by atoms with Crippen molar-refractivity contribution >= 4 is 24.4 Å². The summed E-state index contributed by atoms with van der Waals surface area (Å²) in [5.41, 5.74) is -3.31. The molecule has 0 radical (unpaired) electrons. The summed E-state index contributed by atoms with van der Waals surface area (Å²) in [5, 5.41) is 0. The van der Waals surface area contributed by atoms with Crippen LogP contribution >= 0.6 is 0 Å². The van der Waals surface area contributed by atoms with Gasteiger partial charge in [-0.25, -0.2) is 29.0 Å². The van der Waals surface area contributed by atoms with E-state index < -0.39 is 46.8 Å². The Kier molecular flexibility index (Phi) is 10.6. The lowest BCUT2D eigenvalue weighted by molar-refractivity contribution is 0.000898. The fourth-order valence-electron chi connectivity index (χ4n) is 2.08. The van der Waals surface area contributed by atoms with Crippen molar-refractivity contribution in [2.75, 3.05) is 13.1 Å². The summed E-state index contributed by atoms with van der Waals surface area (Å²) in [6, 6.07) is 0. The average Bonchev–Trinajstić information content (AvgIpc) is 2.50. The zero-order valence-electron chi connectivity index (χ0n) is 22.7. The smallest absolute Gasteiger partial charge is 0.420 e. The van der Waals surface area contributed by atoms with Gasteiger partial charge in [0.1, 0.15) is 22.4 Å². The summed E-state index contributed by atoms with van der Waals surface area (Å²) >= 11 is 0. The number of ether oxygens (including phenoxy) is 4. The van der Waals surface area contributed by atoms with Gasteiger partial charge in [-0.2, -0.15) is 0 Å². The van der Waals surface area contributed by atoms with Gasteiger partial charge in [0.15, 0.2) is 0 Å². The molecule has 0 heterocycles. The summed E-state index contributed by atoms with van der Waals surface area (Å²) < 4.78 is 21.2. The quantitative estimate of drug-likeness (QED) is 0.357. The highest BCUT2D eigenvalue weighted by Crippen LogP contribution is 2.16. The number of hydrogen-bond donors (Lipinski definition) is 0. The summed E-state index contributed by atoms with van der Waals surface area (Å²) in [6.07, 6.45) is -0.666. The van der Waals surface area contributed by atoms with Crippen LogP contribution in [0, 0.1) is 0 Å². The highest BCUT2D eigenvalue weighted by molar-refractivity contribution is 5.89. The summed E-state index contributed by atoms with van der Waals surface area (Å²) in [4.78, 5) is 51.8. The van der Waals surface area contributed by atoms with Crippen molar-refractivity contribution in [3.8, 4) is 0 Å². The molecule has 10 nitrogen and oxygen atoms in total. The molecule has 0 fully saturated rings. The Hall–Kier alpha value is -2.78. The molecule has 0 aliphatic heterocycles. The lowest BCUT2D eigenvalue weighted by Gasteiger charge is -2.28. The first-order valence-electron chi connectivity index (χ1n) is 11.1. The van der Waals surface area contributed by atoms with E-state index in [1.54, 1.807) is 83.1 Å². The number of amides is 4. The molecule has 0 spiro atoms. The molecule has 0 bridgehead atoms. The molecular weight excluding hydrogens is 444 g/mol. The number of carbonyl (C=O) groups excluding carboxylic acids is 4. The molecule has 4 amide bonds. The maximum absolute atomic E-state index is 12.6. The number of imide groups is 2. The van der Waals surface area contributed by atoms with E-state index in [1.165, 1.54) is 12.2 Å². The van der Waals surface area contributed by atoms with E-state index in [1.807, 2.05) is 0 Å². The molecule has 0 aromatic heterocycles. The Morgan fingerprint density at radius 1 is 0.471 bits per heavy atom. The van der Waals surface area contributed by atoms with Crippen molar-refractivity contribution in [1.82, 2.24) is 9.80 Å². The molecule has 0 saturated carbocycles. The molecule has 0 rings (SSSR count). The molecule has 0 N–H and O–H groups in total. The van der Waals surface area contributed by atoms with Crippen LogP contribution in [0.15, 0.2) is 12.2 Å². The molecular formula is C24H42N2O8. The third-order valence-corrected chi connectivity index (χ3v) is 3.20. The zero-order chi connectivity index (χ0) is 27.1. The molecule has 0 saturated heterocycles. The van der Waals surface area contributed by atoms with E-state index in [0.29, 0.717) is 0 Å². The summed E-state index contributed by atoms with van der Waals surface area (Å²) in [6.45, 7) is 19.7. The van der Waals surface area contributed by atoms with Crippen LogP contribution in [0.3, 0.4) is 0 Å². The second-order valence-corrected chi connectivity index (χ2v) is 11.6.